The fourth-order valence-electron chi connectivity index (χ4n) is 2.14. The van der Waals surface area contributed by atoms with Gasteiger partial charge in [0.1, 0.15) is 11.8 Å². The van der Waals surface area contributed by atoms with Gasteiger partial charge in [-0.15, -0.1) is 0 Å². The number of unbranched alkanes of at least 4 members (excludes halogenated alkanes) is 1. The van der Waals surface area contributed by atoms with Crippen LogP contribution in [0.3, 0.4) is 0 Å². The van der Waals surface area contributed by atoms with Gasteiger partial charge >= 0.3 is 5.97 Å². The first-order valence-electron chi connectivity index (χ1n) is 8.21. The second-order valence-electron chi connectivity index (χ2n) is 5.37. The largest absolute Gasteiger partial charge is 0.494 e. The minimum atomic E-state index is -1.09. The summed E-state index contributed by atoms with van der Waals surface area (Å²) >= 11 is 0. The van der Waals surface area contributed by atoms with Crippen LogP contribution in [-0.4, -0.2) is 48.6 Å². The number of carbonyl (C=O) groups excluding carboxylic acids is 2. The van der Waals surface area contributed by atoms with Gasteiger partial charge < -0.3 is 26.2 Å². The lowest BCUT2D eigenvalue weighted by atomic mass is 10.1. The lowest BCUT2D eigenvalue weighted by molar-refractivity contribution is -0.139. The first kappa shape index (κ1) is 20.4. The first-order valence-corrected chi connectivity index (χ1v) is 8.21. The molecule has 0 bridgehead atoms. The number of aliphatic carboxylic acids is 1. The minimum Gasteiger partial charge on any atom is -0.494 e. The standard InChI is InChI=1S/C17H25N3O5/c1-2-25-13-8-6-12(7-9-13)16(22)20-14(17(23)24)5-3-4-10-19-15(21)11-18/h6-9,14H,2-5,10-11,18H2,1H3,(H,19,21)(H,20,22)(H,23,24)/t14-/m0/s1. The highest BCUT2D eigenvalue weighted by molar-refractivity contribution is 5.96. The Morgan fingerprint density at radius 1 is 1.20 bits per heavy atom. The number of carbonyl (C=O) groups is 3. The summed E-state index contributed by atoms with van der Waals surface area (Å²) in [5, 5.41) is 14.4. The highest BCUT2D eigenvalue weighted by Crippen LogP contribution is 2.12. The molecule has 8 heteroatoms. The lowest BCUT2D eigenvalue weighted by Gasteiger charge is -2.15. The van der Waals surface area contributed by atoms with Crippen LogP contribution in [0.1, 0.15) is 36.5 Å². The summed E-state index contributed by atoms with van der Waals surface area (Å²) in [6, 6.07) is 5.51. The topological polar surface area (TPSA) is 131 Å². The number of benzene rings is 1. The fraction of sp³-hybridized carbons (Fsp3) is 0.471. The molecule has 25 heavy (non-hydrogen) atoms. The second-order valence-corrected chi connectivity index (χ2v) is 5.37. The van der Waals surface area contributed by atoms with Crippen LogP contribution in [0.5, 0.6) is 5.75 Å². The average molecular weight is 351 g/mol. The number of ether oxygens (including phenoxy) is 1. The molecule has 0 saturated heterocycles. The number of nitrogens with two attached hydrogens (primary N) is 1. The number of carboxylic acids is 1. The number of hydrogen-bond acceptors (Lipinski definition) is 5. The quantitative estimate of drug-likeness (QED) is 0.430. The van der Waals surface area contributed by atoms with Crippen LogP contribution in [0.2, 0.25) is 0 Å². The molecule has 1 rings (SSSR count). The van der Waals surface area contributed by atoms with E-state index in [9.17, 15) is 19.5 Å². The average Bonchev–Trinajstić information content (AvgIpc) is 2.60. The molecule has 0 radical (unpaired) electrons. The molecule has 8 nitrogen and oxygen atoms in total. The van der Waals surface area contributed by atoms with Gasteiger partial charge in [0, 0.05) is 12.1 Å². The van der Waals surface area contributed by atoms with E-state index >= 15 is 0 Å². The Morgan fingerprint density at radius 2 is 1.88 bits per heavy atom. The summed E-state index contributed by atoms with van der Waals surface area (Å²) < 4.78 is 5.30. The number of carboxylic acid groups (broad SMARTS) is 1. The molecular weight excluding hydrogens is 326 g/mol. The highest BCUT2D eigenvalue weighted by atomic mass is 16.5. The molecule has 0 saturated carbocycles. The van der Waals surface area contributed by atoms with Crippen molar-refractivity contribution in [2.24, 2.45) is 5.73 Å². The van der Waals surface area contributed by atoms with E-state index in [1.807, 2.05) is 6.92 Å². The Kier molecular flexibility index (Phi) is 9.02. The van der Waals surface area contributed by atoms with Gasteiger partial charge in [-0.3, -0.25) is 9.59 Å². The Hall–Kier alpha value is -2.61. The van der Waals surface area contributed by atoms with Gasteiger partial charge in [0.2, 0.25) is 5.91 Å². The zero-order valence-corrected chi connectivity index (χ0v) is 14.3. The fourth-order valence-corrected chi connectivity index (χ4v) is 2.14. The molecule has 1 aromatic carbocycles. The maximum atomic E-state index is 12.2. The zero-order chi connectivity index (χ0) is 18.7. The third kappa shape index (κ3) is 7.67. The summed E-state index contributed by atoms with van der Waals surface area (Å²) in [5.74, 6) is -1.15. The molecule has 0 aromatic heterocycles. The van der Waals surface area contributed by atoms with E-state index in [2.05, 4.69) is 10.6 Å². The third-order valence-corrected chi connectivity index (χ3v) is 3.46. The van der Waals surface area contributed by atoms with E-state index in [-0.39, 0.29) is 18.9 Å². The Labute approximate surface area is 146 Å². The molecule has 5 N–H and O–H groups in total. The van der Waals surface area contributed by atoms with Crippen molar-refractivity contribution >= 4 is 17.8 Å². The summed E-state index contributed by atoms with van der Waals surface area (Å²) in [6.45, 7) is 2.74. The van der Waals surface area contributed by atoms with E-state index < -0.39 is 17.9 Å². The monoisotopic (exact) mass is 351 g/mol. The van der Waals surface area contributed by atoms with E-state index in [0.717, 1.165) is 0 Å². The van der Waals surface area contributed by atoms with Crippen molar-refractivity contribution in [2.75, 3.05) is 19.7 Å². The SMILES string of the molecule is CCOc1ccc(C(=O)N[C@@H](CCCCNC(=O)CN)C(=O)O)cc1. The van der Waals surface area contributed by atoms with Crippen LogP contribution in [0.4, 0.5) is 0 Å². The molecule has 1 aromatic rings. The van der Waals surface area contributed by atoms with E-state index in [0.29, 0.717) is 37.3 Å². The van der Waals surface area contributed by atoms with Crippen molar-refractivity contribution in [1.29, 1.82) is 0 Å². The molecular formula is C17H25N3O5. The number of hydrogen-bond donors (Lipinski definition) is 4. The summed E-state index contributed by atoms with van der Waals surface area (Å²) in [6.07, 6.45) is 1.43. The second kappa shape index (κ2) is 11.0. The lowest BCUT2D eigenvalue weighted by Crippen LogP contribution is -2.40. The van der Waals surface area contributed by atoms with Crippen molar-refractivity contribution in [2.45, 2.75) is 32.2 Å². The first-order chi connectivity index (χ1) is 12.0. The van der Waals surface area contributed by atoms with Gasteiger partial charge in [0.25, 0.3) is 5.91 Å². The molecule has 0 unspecified atom stereocenters. The van der Waals surface area contributed by atoms with E-state index in [4.69, 9.17) is 10.5 Å². The molecule has 0 aliphatic heterocycles. The van der Waals surface area contributed by atoms with Crippen LogP contribution < -0.4 is 21.1 Å². The molecule has 0 aliphatic rings. The number of amides is 2. The van der Waals surface area contributed by atoms with Gasteiger partial charge in [-0.2, -0.15) is 0 Å². The van der Waals surface area contributed by atoms with Gasteiger partial charge in [0.15, 0.2) is 0 Å². The van der Waals surface area contributed by atoms with Crippen LogP contribution in [0, 0.1) is 0 Å². The molecule has 0 aliphatic carbocycles. The van der Waals surface area contributed by atoms with Crippen molar-refractivity contribution in [3.63, 3.8) is 0 Å². The van der Waals surface area contributed by atoms with Crippen molar-refractivity contribution in [3.05, 3.63) is 29.8 Å². The van der Waals surface area contributed by atoms with Crippen LogP contribution in [0.15, 0.2) is 24.3 Å². The predicted molar refractivity (Wildman–Crippen MR) is 92.4 cm³/mol. The number of rotatable bonds is 11. The van der Waals surface area contributed by atoms with Gasteiger partial charge in [-0.05, 0) is 50.5 Å². The molecule has 138 valence electrons. The number of nitrogens with one attached hydrogen (secondary N) is 2. The Balaban J connectivity index is 2.46. The molecule has 0 fully saturated rings. The van der Waals surface area contributed by atoms with E-state index in [1.165, 1.54) is 0 Å². The third-order valence-electron chi connectivity index (χ3n) is 3.46. The van der Waals surface area contributed by atoms with E-state index in [1.54, 1.807) is 24.3 Å². The molecule has 2 amide bonds. The highest BCUT2D eigenvalue weighted by Gasteiger charge is 2.20. The minimum absolute atomic E-state index is 0.0735. The maximum Gasteiger partial charge on any atom is 0.326 e. The summed E-state index contributed by atoms with van der Waals surface area (Å²) in [5.41, 5.74) is 5.53. The zero-order valence-electron chi connectivity index (χ0n) is 14.3. The van der Waals surface area contributed by atoms with Gasteiger partial charge in [0.05, 0.1) is 13.2 Å². The van der Waals surface area contributed by atoms with Gasteiger partial charge in [-0.1, -0.05) is 0 Å². The Morgan fingerprint density at radius 3 is 2.44 bits per heavy atom. The van der Waals surface area contributed by atoms with Crippen molar-refractivity contribution < 1.29 is 24.2 Å². The van der Waals surface area contributed by atoms with Gasteiger partial charge in [-0.25, -0.2) is 4.79 Å². The van der Waals surface area contributed by atoms with Crippen LogP contribution >= 0.6 is 0 Å². The van der Waals surface area contributed by atoms with Crippen LogP contribution in [0.25, 0.3) is 0 Å². The smallest absolute Gasteiger partial charge is 0.326 e. The summed E-state index contributed by atoms with van der Waals surface area (Å²) in [7, 11) is 0. The van der Waals surface area contributed by atoms with Crippen LogP contribution in [-0.2, 0) is 9.59 Å². The predicted octanol–water partition coefficient (Wildman–Crippen LogP) is 0.514. The van der Waals surface area contributed by atoms with Crippen molar-refractivity contribution in [1.82, 2.24) is 10.6 Å². The Bertz CT molecular complexity index is 574. The molecule has 0 heterocycles. The normalized spacial score (nSPS) is 11.4. The molecule has 0 spiro atoms. The summed E-state index contributed by atoms with van der Waals surface area (Å²) in [4.78, 5) is 34.5. The molecule has 1 atom stereocenters. The maximum absolute atomic E-state index is 12.2. The van der Waals surface area contributed by atoms with Crippen molar-refractivity contribution in [3.8, 4) is 5.75 Å².